The molecule has 0 saturated carbocycles. The van der Waals surface area contributed by atoms with Gasteiger partial charge in [-0.05, 0) is 70.6 Å². The highest BCUT2D eigenvalue weighted by atomic mass is 32.1. The number of fused-ring (bicyclic) bond motifs is 6. The fourth-order valence-electron chi connectivity index (χ4n) is 4.40. The van der Waals surface area contributed by atoms with Gasteiger partial charge in [-0.2, -0.15) is 0 Å². The lowest BCUT2D eigenvalue weighted by atomic mass is 10.0. The summed E-state index contributed by atoms with van der Waals surface area (Å²) in [7, 11) is 0. The fourth-order valence-corrected chi connectivity index (χ4v) is 7.04. The van der Waals surface area contributed by atoms with E-state index in [1.807, 2.05) is 22.7 Å². The van der Waals surface area contributed by atoms with Crippen LogP contribution in [0.2, 0.25) is 0 Å². The fraction of sp³-hybridized carbons (Fsp3) is 0.143. The van der Waals surface area contributed by atoms with Crippen LogP contribution < -0.4 is 0 Å². The largest absolute Gasteiger partial charge is 0.134 e. The van der Waals surface area contributed by atoms with Crippen molar-refractivity contribution in [3.05, 3.63) is 84.4 Å². The number of benzene rings is 4. The molecular weight excluding hydrogens is 400 g/mol. The zero-order chi connectivity index (χ0) is 20.1. The third kappa shape index (κ3) is 2.94. The number of rotatable bonds is 4. The third-order valence-electron chi connectivity index (χ3n) is 6.03. The van der Waals surface area contributed by atoms with Gasteiger partial charge in [0.15, 0.2) is 0 Å². The van der Waals surface area contributed by atoms with Gasteiger partial charge in [0.05, 0.1) is 9.40 Å². The lowest BCUT2D eigenvalue weighted by molar-refractivity contribution is 0.796. The van der Waals surface area contributed by atoms with Gasteiger partial charge in [-0.25, -0.2) is 0 Å². The lowest BCUT2D eigenvalue weighted by Crippen LogP contribution is -1.82. The molecule has 0 spiro atoms. The van der Waals surface area contributed by atoms with E-state index in [1.165, 1.54) is 76.3 Å². The molecule has 0 aliphatic carbocycles. The number of thiophene rings is 2. The van der Waals surface area contributed by atoms with Gasteiger partial charge >= 0.3 is 0 Å². The van der Waals surface area contributed by atoms with Crippen LogP contribution in [-0.4, -0.2) is 0 Å². The summed E-state index contributed by atoms with van der Waals surface area (Å²) >= 11 is 3.91. The zero-order valence-corrected chi connectivity index (χ0v) is 18.6. The molecule has 6 rings (SSSR count). The second-order valence-electron chi connectivity index (χ2n) is 8.07. The van der Waals surface area contributed by atoms with Crippen LogP contribution in [0.4, 0.5) is 0 Å². The standard InChI is InChI=1S/C28H22S2/c1-2-3-7-18-10-13-25-23(14-18)27-28(29-25)24-16-22-15-20(19-8-5-4-6-9-19)11-12-21(22)17-26(24)30-27/h4-6,8-17H,2-3,7H2,1H3. The maximum atomic E-state index is 2.44. The average molecular weight is 423 g/mol. The van der Waals surface area contributed by atoms with Gasteiger partial charge in [-0.1, -0.05) is 61.9 Å². The Kier molecular flexibility index (Phi) is 4.36. The van der Waals surface area contributed by atoms with Gasteiger partial charge < -0.3 is 0 Å². The Morgan fingerprint density at radius 1 is 0.633 bits per heavy atom. The number of aryl methyl sites for hydroxylation is 1. The van der Waals surface area contributed by atoms with Gasteiger partial charge in [-0.3, -0.25) is 0 Å². The minimum Gasteiger partial charge on any atom is -0.134 e. The van der Waals surface area contributed by atoms with Crippen molar-refractivity contribution in [3.63, 3.8) is 0 Å². The van der Waals surface area contributed by atoms with Gasteiger partial charge in [0.25, 0.3) is 0 Å². The van der Waals surface area contributed by atoms with E-state index >= 15 is 0 Å². The van der Waals surface area contributed by atoms with Crippen LogP contribution in [0.3, 0.4) is 0 Å². The summed E-state index contributed by atoms with van der Waals surface area (Å²) in [5, 5.41) is 5.50. The molecule has 0 N–H and O–H groups in total. The van der Waals surface area contributed by atoms with Crippen molar-refractivity contribution in [2.24, 2.45) is 0 Å². The Bertz CT molecular complexity index is 1520. The first kappa shape index (κ1) is 18.1. The minimum absolute atomic E-state index is 1.18. The van der Waals surface area contributed by atoms with Crippen LogP contribution in [0.25, 0.3) is 51.5 Å². The van der Waals surface area contributed by atoms with Crippen molar-refractivity contribution in [2.45, 2.75) is 26.2 Å². The van der Waals surface area contributed by atoms with E-state index in [0.717, 1.165) is 0 Å². The normalized spacial score (nSPS) is 11.9. The van der Waals surface area contributed by atoms with Gasteiger partial charge in [0, 0.05) is 20.2 Å². The van der Waals surface area contributed by atoms with E-state index < -0.39 is 0 Å². The van der Waals surface area contributed by atoms with E-state index in [-0.39, 0.29) is 0 Å². The number of unbranched alkanes of at least 4 members (excludes halogenated alkanes) is 1. The molecule has 0 atom stereocenters. The first-order chi connectivity index (χ1) is 14.8. The Morgan fingerprint density at radius 3 is 2.27 bits per heavy atom. The van der Waals surface area contributed by atoms with E-state index in [4.69, 9.17) is 0 Å². The van der Waals surface area contributed by atoms with E-state index in [0.29, 0.717) is 0 Å². The maximum absolute atomic E-state index is 2.44. The molecule has 0 amide bonds. The molecule has 30 heavy (non-hydrogen) atoms. The molecule has 0 aliphatic heterocycles. The van der Waals surface area contributed by atoms with Crippen molar-refractivity contribution < 1.29 is 0 Å². The summed E-state index contributed by atoms with van der Waals surface area (Å²) in [5.74, 6) is 0. The highest BCUT2D eigenvalue weighted by molar-refractivity contribution is 7.36. The predicted molar refractivity (Wildman–Crippen MR) is 136 cm³/mol. The highest BCUT2D eigenvalue weighted by Gasteiger charge is 2.13. The van der Waals surface area contributed by atoms with Crippen LogP contribution >= 0.6 is 22.7 Å². The van der Waals surface area contributed by atoms with E-state index in [2.05, 4.69) is 85.8 Å². The number of hydrogen-bond donors (Lipinski definition) is 0. The first-order valence-electron chi connectivity index (χ1n) is 10.7. The van der Waals surface area contributed by atoms with Gasteiger partial charge in [0.2, 0.25) is 0 Å². The third-order valence-corrected chi connectivity index (χ3v) is 8.55. The summed E-state index contributed by atoms with van der Waals surface area (Å²) in [4.78, 5) is 0. The Labute approximate surface area is 184 Å². The molecule has 146 valence electrons. The molecule has 0 saturated heterocycles. The second kappa shape index (κ2) is 7.23. The monoisotopic (exact) mass is 422 g/mol. The van der Waals surface area contributed by atoms with Crippen molar-refractivity contribution in [1.29, 1.82) is 0 Å². The summed E-state index contributed by atoms with van der Waals surface area (Å²) in [6.07, 6.45) is 3.69. The van der Waals surface area contributed by atoms with Crippen LogP contribution in [0.15, 0.2) is 78.9 Å². The molecule has 2 heteroatoms. The lowest BCUT2D eigenvalue weighted by Gasteiger charge is -2.05. The Balaban J connectivity index is 1.55. The Hall–Kier alpha value is -2.68. The predicted octanol–water partition coefficient (Wildman–Crippen LogP) is 9.43. The molecule has 0 radical (unpaired) electrons. The molecule has 6 aromatic rings. The molecule has 2 aromatic heterocycles. The van der Waals surface area contributed by atoms with Gasteiger partial charge in [0.1, 0.15) is 0 Å². The summed E-state index contributed by atoms with van der Waals surface area (Å²) in [6, 6.07) is 29.4. The Morgan fingerprint density at radius 2 is 1.43 bits per heavy atom. The van der Waals surface area contributed by atoms with Crippen molar-refractivity contribution in [3.8, 4) is 11.1 Å². The van der Waals surface area contributed by atoms with Crippen LogP contribution in [-0.2, 0) is 6.42 Å². The van der Waals surface area contributed by atoms with Gasteiger partial charge in [-0.15, -0.1) is 22.7 Å². The topological polar surface area (TPSA) is 0 Å². The summed E-state index contributed by atoms with van der Waals surface area (Å²) in [5.41, 5.74) is 4.03. The molecule has 2 heterocycles. The number of hydrogen-bond acceptors (Lipinski definition) is 2. The molecule has 0 aliphatic rings. The quantitative estimate of drug-likeness (QED) is 0.265. The van der Waals surface area contributed by atoms with Crippen molar-refractivity contribution >= 4 is 63.0 Å². The van der Waals surface area contributed by atoms with Crippen LogP contribution in [0.5, 0.6) is 0 Å². The van der Waals surface area contributed by atoms with Crippen LogP contribution in [0.1, 0.15) is 25.3 Å². The second-order valence-corrected chi connectivity index (χ2v) is 10.2. The van der Waals surface area contributed by atoms with E-state index in [9.17, 15) is 0 Å². The molecule has 0 nitrogen and oxygen atoms in total. The van der Waals surface area contributed by atoms with Crippen molar-refractivity contribution in [2.75, 3.05) is 0 Å². The minimum atomic E-state index is 1.18. The summed E-state index contributed by atoms with van der Waals surface area (Å²) < 4.78 is 5.72. The smallest absolute Gasteiger partial charge is 0.0542 e. The molecule has 0 unspecified atom stereocenters. The first-order valence-corrected chi connectivity index (χ1v) is 12.3. The van der Waals surface area contributed by atoms with E-state index in [1.54, 1.807) is 0 Å². The zero-order valence-electron chi connectivity index (χ0n) is 16.9. The molecule has 0 bridgehead atoms. The summed E-state index contributed by atoms with van der Waals surface area (Å²) in [6.45, 7) is 2.27. The van der Waals surface area contributed by atoms with Crippen molar-refractivity contribution in [1.82, 2.24) is 0 Å². The average Bonchev–Trinajstić information content (AvgIpc) is 3.32. The molecule has 0 fully saturated rings. The molecular formula is C28H22S2. The van der Waals surface area contributed by atoms with Crippen LogP contribution in [0, 0.1) is 0 Å². The maximum Gasteiger partial charge on any atom is 0.0542 e. The highest BCUT2D eigenvalue weighted by Crippen LogP contribution is 2.45. The SMILES string of the molecule is CCCCc1ccc2sc3c4cc5cc(-c6ccccc6)ccc5cc4sc3c2c1. The molecule has 4 aromatic carbocycles.